The molecule has 1 N–H and O–H groups in total. The average molecular weight is 300 g/mol. The summed E-state index contributed by atoms with van der Waals surface area (Å²) in [6.45, 7) is 12.4. The van der Waals surface area contributed by atoms with E-state index in [-0.39, 0.29) is 5.91 Å². The number of hydrogen-bond acceptors (Lipinski definition) is 1. The third-order valence-corrected chi connectivity index (χ3v) is 3.88. The van der Waals surface area contributed by atoms with Gasteiger partial charge in [0, 0.05) is 29.7 Å². The fourth-order valence-corrected chi connectivity index (χ4v) is 2.99. The number of H-pyrrole nitrogens is 1. The number of carbonyl (C=O) groups excluding carboxylic acids is 1. The lowest BCUT2D eigenvalue weighted by Crippen LogP contribution is -2.38. The number of fused-ring (bicyclic) bond motifs is 1. The SMILES string of the molecule is Cc1[nH]c2ccccc2c1CC(=O)N(CC(C)C)CC(C)C. The van der Waals surface area contributed by atoms with Gasteiger partial charge < -0.3 is 9.88 Å². The third-order valence-electron chi connectivity index (χ3n) is 3.88. The molecule has 120 valence electrons. The molecule has 0 aliphatic heterocycles. The number of benzene rings is 1. The summed E-state index contributed by atoms with van der Waals surface area (Å²) < 4.78 is 0. The number of para-hydroxylation sites is 1. The van der Waals surface area contributed by atoms with Crippen LogP contribution in [0.2, 0.25) is 0 Å². The average Bonchev–Trinajstić information content (AvgIpc) is 2.73. The molecule has 0 saturated carbocycles. The molecular weight excluding hydrogens is 272 g/mol. The first-order valence-electron chi connectivity index (χ1n) is 8.22. The van der Waals surface area contributed by atoms with E-state index in [9.17, 15) is 4.79 Å². The minimum absolute atomic E-state index is 0.232. The van der Waals surface area contributed by atoms with Crippen molar-refractivity contribution in [1.82, 2.24) is 9.88 Å². The molecule has 3 heteroatoms. The number of nitrogens with zero attached hydrogens (tertiary/aromatic N) is 1. The highest BCUT2D eigenvalue weighted by Crippen LogP contribution is 2.23. The van der Waals surface area contributed by atoms with Gasteiger partial charge in [0.1, 0.15) is 0 Å². The van der Waals surface area contributed by atoms with Crippen molar-refractivity contribution in [3.8, 4) is 0 Å². The van der Waals surface area contributed by atoms with Crippen molar-refractivity contribution < 1.29 is 4.79 Å². The Balaban J connectivity index is 2.22. The van der Waals surface area contributed by atoms with Crippen LogP contribution >= 0.6 is 0 Å². The summed E-state index contributed by atoms with van der Waals surface area (Å²) in [5.41, 5.74) is 3.35. The maximum Gasteiger partial charge on any atom is 0.227 e. The second-order valence-corrected chi connectivity index (χ2v) is 7.04. The summed E-state index contributed by atoms with van der Waals surface area (Å²) in [6, 6.07) is 8.21. The summed E-state index contributed by atoms with van der Waals surface area (Å²) in [6.07, 6.45) is 0.481. The quantitative estimate of drug-likeness (QED) is 0.854. The second-order valence-electron chi connectivity index (χ2n) is 7.04. The molecule has 2 rings (SSSR count). The van der Waals surface area contributed by atoms with Crippen LogP contribution in [0.5, 0.6) is 0 Å². The van der Waals surface area contributed by atoms with E-state index in [1.165, 1.54) is 5.39 Å². The number of amides is 1. The maximum atomic E-state index is 12.8. The van der Waals surface area contributed by atoms with Gasteiger partial charge >= 0.3 is 0 Å². The van der Waals surface area contributed by atoms with Crippen LogP contribution in [0.4, 0.5) is 0 Å². The monoisotopic (exact) mass is 300 g/mol. The van der Waals surface area contributed by atoms with Gasteiger partial charge in [0.05, 0.1) is 6.42 Å². The van der Waals surface area contributed by atoms with Crippen LogP contribution in [0.25, 0.3) is 10.9 Å². The van der Waals surface area contributed by atoms with Crippen LogP contribution in [-0.2, 0) is 11.2 Å². The largest absolute Gasteiger partial charge is 0.358 e. The Morgan fingerprint density at radius 2 is 1.68 bits per heavy atom. The van der Waals surface area contributed by atoms with Crippen LogP contribution in [-0.4, -0.2) is 28.9 Å². The summed E-state index contributed by atoms with van der Waals surface area (Å²) in [7, 11) is 0. The van der Waals surface area contributed by atoms with Gasteiger partial charge in [0.15, 0.2) is 0 Å². The number of rotatable bonds is 6. The fourth-order valence-electron chi connectivity index (χ4n) is 2.99. The molecule has 0 bridgehead atoms. The van der Waals surface area contributed by atoms with Gasteiger partial charge in [-0.1, -0.05) is 45.9 Å². The molecule has 0 aliphatic rings. The van der Waals surface area contributed by atoms with E-state index in [1.807, 2.05) is 17.0 Å². The number of hydrogen-bond donors (Lipinski definition) is 1. The maximum absolute atomic E-state index is 12.8. The van der Waals surface area contributed by atoms with E-state index in [0.29, 0.717) is 18.3 Å². The Morgan fingerprint density at radius 1 is 1.09 bits per heavy atom. The molecular formula is C19H28N2O. The van der Waals surface area contributed by atoms with Crippen molar-refractivity contribution in [3.05, 3.63) is 35.5 Å². The van der Waals surface area contributed by atoms with Gasteiger partial charge in [-0.3, -0.25) is 4.79 Å². The number of aromatic nitrogens is 1. The lowest BCUT2D eigenvalue weighted by atomic mass is 10.1. The molecule has 0 aliphatic carbocycles. The molecule has 1 aromatic heterocycles. The van der Waals surface area contributed by atoms with Crippen LogP contribution in [0.3, 0.4) is 0 Å². The van der Waals surface area contributed by atoms with Gasteiger partial charge in [0.2, 0.25) is 5.91 Å². The zero-order chi connectivity index (χ0) is 16.3. The standard InChI is InChI=1S/C19H28N2O/c1-13(2)11-21(12-14(3)4)19(22)10-17-15(5)20-18-9-7-6-8-16(17)18/h6-9,13-14,20H,10-12H2,1-5H3. The zero-order valence-corrected chi connectivity index (χ0v) is 14.4. The van der Waals surface area contributed by atoms with Crippen molar-refractivity contribution in [2.45, 2.75) is 41.0 Å². The smallest absolute Gasteiger partial charge is 0.227 e. The fraction of sp³-hybridized carbons (Fsp3) is 0.526. The molecule has 1 amide bonds. The Morgan fingerprint density at radius 3 is 2.27 bits per heavy atom. The van der Waals surface area contributed by atoms with Gasteiger partial charge in [-0.2, -0.15) is 0 Å². The van der Waals surface area contributed by atoms with Crippen molar-refractivity contribution in [2.75, 3.05) is 13.1 Å². The minimum Gasteiger partial charge on any atom is -0.358 e. The second kappa shape index (κ2) is 6.99. The Bertz CT molecular complexity index is 630. The normalized spacial score (nSPS) is 11.6. The predicted octanol–water partition coefficient (Wildman–Crippen LogP) is 4.16. The highest BCUT2D eigenvalue weighted by Gasteiger charge is 2.19. The molecule has 0 radical (unpaired) electrons. The molecule has 1 aromatic carbocycles. The molecule has 0 unspecified atom stereocenters. The highest BCUT2D eigenvalue weighted by atomic mass is 16.2. The Kier molecular flexibility index (Phi) is 5.28. The first-order chi connectivity index (χ1) is 10.4. The van der Waals surface area contributed by atoms with Crippen molar-refractivity contribution in [1.29, 1.82) is 0 Å². The first kappa shape index (κ1) is 16.6. The number of aryl methyl sites for hydroxylation is 1. The van der Waals surface area contributed by atoms with Crippen LogP contribution < -0.4 is 0 Å². The van der Waals surface area contributed by atoms with Gasteiger partial charge in [-0.05, 0) is 30.4 Å². The molecule has 0 saturated heterocycles. The van der Waals surface area contributed by atoms with Gasteiger partial charge in [0.25, 0.3) is 0 Å². The van der Waals surface area contributed by atoms with Crippen molar-refractivity contribution in [2.24, 2.45) is 11.8 Å². The topological polar surface area (TPSA) is 36.1 Å². The Labute approximate surface area is 133 Å². The van der Waals surface area contributed by atoms with E-state index in [4.69, 9.17) is 0 Å². The molecule has 22 heavy (non-hydrogen) atoms. The van der Waals surface area contributed by atoms with E-state index in [0.717, 1.165) is 29.9 Å². The molecule has 0 fully saturated rings. The summed E-state index contributed by atoms with van der Waals surface area (Å²) in [5, 5.41) is 1.17. The first-order valence-corrected chi connectivity index (χ1v) is 8.22. The molecule has 2 aromatic rings. The summed E-state index contributed by atoms with van der Waals surface area (Å²) in [5.74, 6) is 1.22. The lowest BCUT2D eigenvalue weighted by Gasteiger charge is -2.26. The van der Waals surface area contributed by atoms with Gasteiger partial charge in [-0.25, -0.2) is 0 Å². The molecule has 0 spiro atoms. The van der Waals surface area contributed by atoms with E-state index in [1.54, 1.807) is 0 Å². The summed E-state index contributed by atoms with van der Waals surface area (Å²) >= 11 is 0. The predicted molar refractivity (Wildman–Crippen MR) is 93.0 cm³/mol. The number of aromatic amines is 1. The van der Waals surface area contributed by atoms with E-state index >= 15 is 0 Å². The number of carbonyl (C=O) groups is 1. The molecule has 0 atom stereocenters. The van der Waals surface area contributed by atoms with E-state index in [2.05, 4.69) is 51.7 Å². The van der Waals surface area contributed by atoms with Crippen molar-refractivity contribution >= 4 is 16.8 Å². The highest BCUT2D eigenvalue weighted by molar-refractivity contribution is 5.90. The summed E-state index contributed by atoms with van der Waals surface area (Å²) in [4.78, 5) is 18.2. The van der Waals surface area contributed by atoms with Crippen LogP contribution in [0, 0.1) is 18.8 Å². The number of nitrogens with one attached hydrogen (secondary N) is 1. The van der Waals surface area contributed by atoms with Gasteiger partial charge in [-0.15, -0.1) is 0 Å². The minimum atomic E-state index is 0.232. The van der Waals surface area contributed by atoms with Crippen LogP contribution in [0.1, 0.15) is 39.0 Å². The van der Waals surface area contributed by atoms with E-state index < -0.39 is 0 Å². The molecule has 3 nitrogen and oxygen atoms in total. The van der Waals surface area contributed by atoms with Crippen molar-refractivity contribution in [3.63, 3.8) is 0 Å². The lowest BCUT2D eigenvalue weighted by molar-refractivity contribution is -0.131. The molecule has 1 heterocycles. The van der Waals surface area contributed by atoms with Crippen LogP contribution in [0.15, 0.2) is 24.3 Å². The third kappa shape index (κ3) is 3.90. The zero-order valence-electron chi connectivity index (χ0n) is 14.4. The Hall–Kier alpha value is -1.77.